The fraction of sp³-hybridized carbons (Fsp3) is 0.148. The van der Waals surface area contributed by atoms with Crippen molar-refractivity contribution in [3.8, 4) is 0 Å². The largest absolute Gasteiger partial charge is 0.457 e. The molecule has 164 valence electrons. The number of rotatable bonds is 2. The highest BCUT2D eigenvalue weighted by Gasteiger charge is 2.62. The van der Waals surface area contributed by atoms with Crippen LogP contribution in [0.25, 0.3) is 17.2 Å². The molecule has 1 fully saturated rings. The summed E-state index contributed by atoms with van der Waals surface area (Å²) in [6.07, 6.45) is 3.11. The highest BCUT2D eigenvalue weighted by atomic mass is 19.1. The number of hydrogen-bond donors (Lipinski definition) is 0. The molecule has 7 rings (SSSR count). The van der Waals surface area contributed by atoms with Gasteiger partial charge in [-0.2, -0.15) is 0 Å². The molecule has 2 aliphatic carbocycles. The van der Waals surface area contributed by atoms with E-state index >= 15 is 0 Å². The van der Waals surface area contributed by atoms with E-state index in [0.717, 1.165) is 23.3 Å². The van der Waals surface area contributed by atoms with Gasteiger partial charge < -0.3 is 4.74 Å². The van der Waals surface area contributed by atoms with E-state index in [2.05, 4.69) is 0 Å². The number of carbonyl (C=O) groups is 1. The average molecular weight is 448 g/mol. The first kappa shape index (κ1) is 20.0. The Bertz CT molecular complexity index is 1370. The molecule has 2 bridgehead atoms. The van der Waals surface area contributed by atoms with E-state index in [1.165, 1.54) is 24.3 Å². The monoisotopic (exact) mass is 448 g/mol. The molecular formula is C27H16F4O2. The van der Waals surface area contributed by atoms with E-state index < -0.39 is 40.8 Å². The summed E-state index contributed by atoms with van der Waals surface area (Å²) in [5.41, 5.74) is 2.09. The third kappa shape index (κ3) is 2.90. The van der Waals surface area contributed by atoms with E-state index in [9.17, 15) is 22.4 Å². The molecule has 0 N–H and O–H groups in total. The van der Waals surface area contributed by atoms with Crippen molar-refractivity contribution in [3.05, 3.63) is 112 Å². The van der Waals surface area contributed by atoms with Crippen molar-refractivity contribution in [2.75, 3.05) is 0 Å². The Morgan fingerprint density at radius 2 is 1.52 bits per heavy atom. The molecule has 3 aromatic rings. The minimum atomic E-state index is -1.26. The molecule has 0 amide bonds. The molecule has 0 radical (unpaired) electrons. The van der Waals surface area contributed by atoms with Crippen molar-refractivity contribution in [3.63, 3.8) is 0 Å². The predicted molar refractivity (Wildman–Crippen MR) is 115 cm³/mol. The van der Waals surface area contributed by atoms with Crippen molar-refractivity contribution in [2.45, 2.75) is 18.4 Å². The lowest BCUT2D eigenvalue weighted by Crippen LogP contribution is -2.48. The molecule has 3 atom stereocenters. The lowest BCUT2D eigenvalue weighted by atomic mass is 9.63. The standard InChI is InChI=1S/C27H16F4O2/c28-16-5-14(6-17(29)10-16)7-23-20-3-1-2-4-21(20)24-12-25-22(13-27(23,24)26(32)33-25)15-8-18(30)11-19(31)9-15/h1-11,13,24-25H,12H2/b23-7+/t24-,25?,27-/m1/s1. The van der Waals surface area contributed by atoms with Gasteiger partial charge in [-0.1, -0.05) is 30.3 Å². The van der Waals surface area contributed by atoms with Crippen LogP contribution in [0.1, 0.15) is 34.6 Å². The Morgan fingerprint density at radius 3 is 2.21 bits per heavy atom. The summed E-state index contributed by atoms with van der Waals surface area (Å²) in [5.74, 6) is -3.66. The summed E-state index contributed by atoms with van der Waals surface area (Å²) in [6, 6.07) is 13.9. The SMILES string of the molecule is O=C1OC2C[C@@H]3c4ccccc4/C(=C\c4cc(F)cc(F)c4)[C@@]13C=C2c1cc(F)cc(F)c1. The lowest BCUT2D eigenvalue weighted by Gasteiger charge is -2.46. The molecule has 4 aliphatic rings. The predicted octanol–water partition coefficient (Wildman–Crippen LogP) is 6.28. The van der Waals surface area contributed by atoms with Gasteiger partial charge in [-0.15, -0.1) is 0 Å². The van der Waals surface area contributed by atoms with Crippen molar-refractivity contribution in [2.24, 2.45) is 5.41 Å². The molecule has 1 saturated heterocycles. The zero-order valence-electron chi connectivity index (χ0n) is 17.1. The molecule has 1 spiro atoms. The molecule has 0 saturated carbocycles. The number of esters is 1. The zero-order valence-corrected chi connectivity index (χ0v) is 17.1. The first-order valence-corrected chi connectivity index (χ1v) is 10.5. The van der Waals surface area contributed by atoms with Gasteiger partial charge in [0.05, 0.1) is 0 Å². The topological polar surface area (TPSA) is 26.3 Å². The number of carbonyl (C=O) groups excluding carboxylic acids is 1. The Balaban J connectivity index is 1.62. The molecular weight excluding hydrogens is 432 g/mol. The number of benzene rings is 3. The number of ether oxygens (including phenoxy) is 1. The summed E-state index contributed by atoms with van der Waals surface area (Å²) >= 11 is 0. The van der Waals surface area contributed by atoms with Gasteiger partial charge in [0, 0.05) is 18.1 Å². The van der Waals surface area contributed by atoms with Crippen LogP contribution < -0.4 is 0 Å². The maximum Gasteiger partial charge on any atom is 0.321 e. The average Bonchev–Trinajstić information content (AvgIpc) is 3.03. The van der Waals surface area contributed by atoms with Crippen LogP contribution in [0, 0.1) is 28.7 Å². The normalized spacial score (nSPS) is 26.1. The van der Waals surface area contributed by atoms with Gasteiger partial charge in [0.2, 0.25) is 0 Å². The molecule has 2 heterocycles. The Hall–Kier alpha value is -3.67. The molecule has 2 aliphatic heterocycles. The van der Waals surface area contributed by atoms with Crippen LogP contribution in [0.5, 0.6) is 0 Å². The lowest BCUT2D eigenvalue weighted by molar-refractivity contribution is -0.161. The molecule has 6 heteroatoms. The van der Waals surface area contributed by atoms with E-state index in [-0.39, 0.29) is 11.5 Å². The highest BCUT2D eigenvalue weighted by Crippen LogP contribution is 2.65. The van der Waals surface area contributed by atoms with Gasteiger partial charge in [0.1, 0.15) is 34.8 Å². The second-order valence-electron chi connectivity index (χ2n) is 8.66. The van der Waals surface area contributed by atoms with Gasteiger partial charge in [-0.05, 0) is 70.2 Å². The van der Waals surface area contributed by atoms with E-state index in [1.807, 2.05) is 24.3 Å². The van der Waals surface area contributed by atoms with Crippen LogP contribution in [0.2, 0.25) is 0 Å². The van der Waals surface area contributed by atoms with Crippen LogP contribution in [0.15, 0.2) is 66.7 Å². The van der Waals surface area contributed by atoms with Crippen molar-refractivity contribution < 1.29 is 27.1 Å². The molecule has 0 aromatic heterocycles. The van der Waals surface area contributed by atoms with E-state index in [4.69, 9.17) is 4.74 Å². The summed E-state index contributed by atoms with van der Waals surface area (Å²) in [6.45, 7) is 0. The third-order valence-electron chi connectivity index (χ3n) is 6.78. The van der Waals surface area contributed by atoms with Gasteiger partial charge in [-0.3, -0.25) is 4.79 Å². The third-order valence-corrected chi connectivity index (χ3v) is 6.78. The van der Waals surface area contributed by atoms with Gasteiger partial charge >= 0.3 is 5.97 Å². The van der Waals surface area contributed by atoms with Crippen LogP contribution in [0.3, 0.4) is 0 Å². The molecule has 3 aromatic carbocycles. The smallest absolute Gasteiger partial charge is 0.321 e. The van der Waals surface area contributed by atoms with Crippen molar-refractivity contribution in [1.82, 2.24) is 0 Å². The quantitative estimate of drug-likeness (QED) is 0.341. The van der Waals surface area contributed by atoms with Gasteiger partial charge in [0.25, 0.3) is 0 Å². The summed E-state index contributed by atoms with van der Waals surface area (Å²) in [5, 5.41) is 0. The zero-order chi connectivity index (χ0) is 22.9. The summed E-state index contributed by atoms with van der Waals surface area (Å²) < 4.78 is 61.5. The molecule has 2 nitrogen and oxygen atoms in total. The fourth-order valence-electron chi connectivity index (χ4n) is 5.53. The molecule has 1 unspecified atom stereocenters. The van der Waals surface area contributed by atoms with Gasteiger partial charge in [-0.25, -0.2) is 17.6 Å². The first-order valence-electron chi connectivity index (χ1n) is 10.5. The van der Waals surface area contributed by atoms with Crippen LogP contribution in [0.4, 0.5) is 17.6 Å². The summed E-state index contributed by atoms with van der Waals surface area (Å²) in [7, 11) is 0. The van der Waals surface area contributed by atoms with Gasteiger partial charge in [0.15, 0.2) is 0 Å². The minimum Gasteiger partial charge on any atom is -0.457 e. The molecule has 33 heavy (non-hydrogen) atoms. The number of hydrogen-bond acceptors (Lipinski definition) is 2. The summed E-state index contributed by atoms with van der Waals surface area (Å²) in [4.78, 5) is 13.4. The first-order chi connectivity index (χ1) is 15.8. The Labute approximate surface area is 186 Å². The van der Waals surface area contributed by atoms with Crippen LogP contribution in [-0.4, -0.2) is 12.1 Å². The second-order valence-corrected chi connectivity index (χ2v) is 8.66. The van der Waals surface area contributed by atoms with Crippen LogP contribution >= 0.6 is 0 Å². The van der Waals surface area contributed by atoms with E-state index in [0.29, 0.717) is 23.1 Å². The maximum absolute atomic E-state index is 14.0. The van der Waals surface area contributed by atoms with Crippen LogP contribution in [-0.2, 0) is 9.53 Å². The minimum absolute atomic E-state index is 0.258. The number of halogens is 4. The fourth-order valence-corrected chi connectivity index (χ4v) is 5.53. The number of fused-ring (bicyclic) bond motifs is 2. The maximum atomic E-state index is 14.0. The Kier molecular flexibility index (Phi) is 4.18. The van der Waals surface area contributed by atoms with E-state index in [1.54, 1.807) is 12.2 Å². The Morgan fingerprint density at radius 1 is 0.879 bits per heavy atom. The van der Waals surface area contributed by atoms with Crippen molar-refractivity contribution >= 4 is 23.2 Å². The van der Waals surface area contributed by atoms with Crippen molar-refractivity contribution in [1.29, 1.82) is 0 Å². The highest BCUT2D eigenvalue weighted by molar-refractivity contribution is 6.09. The second kappa shape index (κ2) is 6.91.